The molecule has 134 valence electrons. The van der Waals surface area contributed by atoms with E-state index in [1.807, 2.05) is 12.1 Å². The third kappa shape index (κ3) is 5.66. The highest BCUT2D eigenvalue weighted by molar-refractivity contribution is 5.47. The first-order valence-corrected chi connectivity index (χ1v) is 8.96. The minimum Gasteiger partial charge on any atom is -0.497 e. The summed E-state index contributed by atoms with van der Waals surface area (Å²) < 4.78 is 11.4. The zero-order valence-electron chi connectivity index (χ0n) is 15.8. The number of hydrogen-bond acceptors (Lipinski definition) is 4. The Hall–Kier alpha value is -1.84. The number of allylic oxidation sites excluding steroid dienone is 1. The third-order valence-corrected chi connectivity index (χ3v) is 4.06. The SMILES string of the molecule is CCC=C(OC(C)(C)C)N1CCC(Nc2ccc(OC)cc2)CC1. The first-order valence-electron chi connectivity index (χ1n) is 8.96. The summed E-state index contributed by atoms with van der Waals surface area (Å²) in [5.41, 5.74) is 1.00. The van der Waals surface area contributed by atoms with Gasteiger partial charge >= 0.3 is 0 Å². The van der Waals surface area contributed by atoms with Gasteiger partial charge in [0.1, 0.15) is 11.4 Å². The van der Waals surface area contributed by atoms with Gasteiger partial charge in [-0.1, -0.05) is 6.92 Å². The Morgan fingerprint density at radius 1 is 1.21 bits per heavy atom. The van der Waals surface area contributed by atoms with Crippen LogP contribution in [0, 0.1) is 0 Å². The molecule has 1 heterocycles. The number of likely N-dealkylation sites (tertiary alicyclic amines) is 1. The van der Waals surface area contributed by atoms with Crippen LogP contribution in [0.3, 0.4) is 0 Å². The molecule has 0 bridgehead atoms. The van der Waals surface area contributed by atoms with Crippen molar-refractivity contribution >= 4 is 5.69 Å². The van der Waals surface area contributed by atoms with Crippen molar-refractivity contribution in [3.05, 3.63) is 36.2 Å². The highest BCUT2D eigenvalue weighted by Crippen LogP contribution is 2.24. The molecule has 0 unspecified atom stereocenters. The number of nitrogens with zero attached hydrogens (tertiary/aromatic N) is 1. The zero-order chi connectivity index (χ0) is 17.6. The van der Waals surface area contributed by atoms with Crippen molar-refractivity contribution in [1.82, 2.24) is 4.90 Å². The highest BCUT2D eigenvalue weighted by atomic mass is 16.5. The number of methoxy groups -OCH3 is 1. The summed E-state index contributed by atoms with van der Waals surface area (Å²) >= 11 is 0. The molecule has 4 heteroatoms. The second-order valence-electron chi connectivity index (χ2n) is 7.30. The van der Waals surface area contributed by atoms with Crippen LogP contribution in [-0.2, 0) is 4.74 Å². The van der Waals surface area contributed by atoms with Crippen LogP contribution in [0.5, 0.6) is 5.75 Å². The van der Waals surface area contributed by atoms with E-state index in [1.54, 1.807) is 7.11 Å². The van der Waals surface area contributed by atoms with E-state index in [2.05, 4.69) is 56.1 Å². The maximum atomic E-state index is 6.15. The Kier molecular flexibility index (Phi) is 6.41. The number of benzene rings is 1. The fraction of sp³-hybridized carbons (Fsp3) is 0.600. The lowest BCUT2D eigenvalue weighted by Crippen LogP contribution is -2.40. The van der Waals surface area contributed by atoms with Crippen molar-refractivity contribution in [2.24, 2.45) is 0 Å². The molecule has 1 aromatic carbocycles. The van der Waals surface area contributed by atoms with Gasteiger partial charge in [0.15, 0.2) is 5.88 Å². The van der Waals surface area contributed by atoms with E-state index in [-0.39, 0.29) is 5.60 Å². The molecular formula is C20H32N2O2. The summed E-state index contributed by atoms with van der Waals surface area (Å²) in [5.74, 6) is 1.93. The maximum Gasteiger partial charge on any atom is 0.185 e. The van der Waals surface area contributed by atoms with Crippen molar-refractivity contribution in [1.29, 1.82) is 0 Å². The molecule has 0 amide bonds. The van der Waals surface area contributed by atoms with E-state index in [4.69, 9.17) is 9.47 Å². The zero-order valence-corrected chi connectivity index (χ0v) is 15.8. The molecule has 1 fully saturated rings. The molecule has 1 aromatic rings. The third-order valence-electron chi connectivity index (χ3n) is 4.06. The lowest BCUT2D eigenvalue weighted by molar-refractivity contribution is -0.00420. The Morgan fingerprint density at radius 3 is 2.33 bits per heavy atom. The van der Waals surface area contributed by atoms with Gasteiger partial charge < -0.3 is 19.7 Å². The average Bonchev–Trinajstić information content (AvgIpc) is 2.55. The molecule has 1 aliphatic heterocycles. The molecule has 1 aliphatic rings. The van der Waals surface area contributed by atoms with E-state index in [0.29, 0.717) is 6.04 Å². The molecule has 2 rings (SSSR count). The van der Waals surface area contributed by atoms with Crippen LogP contribution in [0.15, 0.2) is 36.2 Å². The largest absolute Gasteiger partial charge is 0.497 e. The van der Waals surface area contributed by atoms with Crippen LogP contribution < -0.4 is 10.1 Å². The molecule has 1 saturated heterocycles. The molecule has 0 radical (unpaired) electrons. The van der Waals surface area contributed by atoms with Crippen molar-refractivity contribution in [3.8, 4) is 5.75 Å². The quantitative estimate of drug-likeness (QED) is 0.770. The maximum absolute atomic E-state index is 6.15. The summed E-state index contributed by atoms with van der Waals surface area (Å²) in [4.78, 5) is 2.38. The summed E-state index contributed by atoms with van der Waals surface area (Å²) in [7, 11) is 1.69. The van der Waals surface area contributed by atoms with Gasteiger partial charge in [-0.15, -0.1) is 0 Å². The van der Waals surface area contributed by atoms with Gasteiger partial charge in [-0.2, -0.15) is 0 Å². The second kappa shape index (κ2) is 8.32. The Labute approximate surface area is 146 Å². The van der Waals surface area contributed by atoms with E-state index >= 15 is 0 Å². The molecule has 0 saturated carbocycles. The molecule has 0 aromatic heterocycles. The van der Waals surface area contributed by atoms with E-state index in [0.717, 1.165) is 49.7 Å². The van der Waals surface area contributed by atoms with E-state index in [9.17, 15) is 0 Å². The average molecular weight is 332 g/mol. The van der Waals surface area contributed by atoms with Crippen LogP contribution in [0.4, 0.5) is 5.69 Å². The molecule has 4 nitrogen and oxygen atoms in total. The molecule has 24 heavy (non-hydrogen) atoms. The second-order valence-corrected chi connectivity index (χ2v) is 7.30. The van der Waals surface area contributed by atoms with Crippen LogP contribution in [0.2, 0.25) is 0 Å². The summed E-state index contributed by atoms with van der Waals surface area (Å²) in [6.45, 7) is 10.5. The molecule has 0 aliphatic carbocycles. The van der Waals surface area contributed by atoms with Crippen molar-refractivity contribution in [2.45, 2.75) is 58.6 Å². The molecule has 1 N–H and O–H groups in total. The lowest BCUT2D eigenvalue weighted by atomic mass is 10.0. The first kappa shape index (κ1) is 18.5. The van der Waals surface area contributed by atoms with Gasteiger partial charge in [0.2, 0.25) is 0 Å². The number of hydrogen-bond donors (Lipinski definition) is 1. The van der Waals surface area contributed by atoms with Gasteiger partial charge in [-0.25, -0.2) is 0 Å². The van der Waals surface area contributed by atoms with Crippen LogP contribution in [0.25, 0.3) is 0 Å². The van der Waals surface area contributed by atoms with Crippen molar-refractivity contribution in [2.75, 3.05) is 25.5 Å². The minimum absolute atomic E-state index is 0.154. The number of ether oxygens (including phenoxy) is 2. The highest BCUT2D eigenvalue weighted by Gasteiger charge is 2.24. The summed E-state index contributed by atoms with van der Waals surface area (Å²) in [6, 6.07) is 8.66. The van der Waals surface area contributed by atoms with E-state index in [1.165, 1.54) is 0 Å². The molecule has 0 spiro atoms. The van der Waals surface area contributed by atoms with Crippen LogP contribution in [0.1, 0.15) is 47.0 Å². The van der Waals surface area contributed by atoms with Crippen LogP contribution >= 0.6 is 0 Å². The first-order chi connectivity index (χ1) is 11.4. The van der Waals surface area contributed by atoms with Crippen molar-refractivity contribution < 1.29 is 9.47 Å². The predicted molar refractivity (Wildman–Crippen MR) is 100 cm³/mol. The van der Waals surface area contributed by atoms with Gasteiger partial charge in [-0.3, -0.25) is 0 Å². The molecular weight excluding hydrogens is 300 g/mol. The normalized spacial score (nSPS) is 16.9. The summed E-state index contributed by atoms with van der Waals surface area (Å²) in [5, 5.41) is 3.63. The van der Waals surface area contributed by atoms with Gasteiger partial charge in [0.25, 0.3) is 0 Å². The lowest BCUT2D eigenvalue weighted by Gasteiger charge is -2.37. The number of piperidine rings is 1. The fourth-order valence-electron chi connectivity index (χ4n) is 2.89. The van der Waals surface area contributed by atoms with Crippen molar-refractivity contribution in [3.63, 3.8) is 0 Å². The Balaban J connectivity index is 1.88. The standard InChI is InChI=1S/C20H32N2O2/c1-6-7-19(24-20(2,3)4)22-14-12-17(13-15-22)21-16-8-10-18(23-5)11-9-16/h7-11,17,21H,6,12-15H2,1-5H3. The van der Waals surface area contributed by atoms with Crippen LogP contribution in [-0.4, -0.2) is 36.7 Å². The number of anilines is 1. The monoisotopic (exact) mass is 332 g/mol. The van der Waals surface area contributed by atoms with Gasteiger partial charge in [0, 0.05) is 24.8 Å². The number of rotatable bonds is 6. The fourth-order valence-corrected chi connectivity index (χ4v) is 2.89. The topological polar surface area (TPSA) is 33.7 Å². The minimum atomic E-state index is -0.154. The van der Waals surface area contributed by atoms with E-state index < -0.39 is 0 Å². The number of nitrogens with one attached hydrogen (secondary N) is 1. The molecule has 0 atom stereocenters. The smallest absolute Gasteiger partial charge is 0.185 e. The Bertz CT molecular complexity index is 524. The predicted octanol–water partition coefficient (Wildman–Crippen LogP) is 4.64. The van der Waals surface area contributed by atoms with Gasteiger partial charge in [-0.05, 0) is 70.4 Å². The summed E-state index contributed by atoms with van der Waals surface area (Å²) in [6.07, 6.45) is 5.42. The Morgan fingerprint density at radius 2 is 1.83 bits per heavy atom. The van der Waals surface area contributed by atoms with Gasteiger partial charge in [0.05, 0.1) is 7.11 Å².